The highest BCUT2D eigenvalue weighted by molar-refractivity contribution is 7.07. The lowest BCUT2D eigenvalue weighted by atomic mass is 10.3. The summed E-state index contributed by atoms with van der Waals surface area (Å²) in [4.78, 5) is 0. The molecule has 3 rings (SSSR count). The summed E-state index contributed by atoms with van der Waals surface area (Å²) in [5, 5.41) is 1.48. The van der Waals surface area contributed by atoms with Gasteiger partial charge in [0.05, 0.1) is 0 Å². The summed E-state index contributed by atoms with van der Waals surface area (Å²) in [6, 6.07) is 21.9. The highest BCUT2D eigenvalue weighted by Gasteiger charge is 2.51. The van der Waals surface area contributed by atoms with E-state index in [1.165, 1.54) is 10.9 Å². The Morgan fingerprint density at radius 1 is 0.864 bits per heavy atom. The molecule has 114 valence electrons. The van der Waals surface area contributed by atoms with Crippen molar-refractivity contribution in [3.05, 3.63) is 60.7 Å². The second kappa shape index (κ2) is 5.78. The van der Waals surface area contributed by atoms with E-state index in [-0.39, 0.29) is 0 Å². The van der Waals surface area contributed by atoms with Crippen LogP contribution in [-0.2, 0) is 0 Å². The van der Waals surface area contributed by atoms with Crippen LogP contribution in [-0.4, -0.2) is 37.9 Å². The van der Waals surface area contributed by atoms with Gasteiger partial charge in [-0.05, 0) is 44.0 Å². The van der Waals surface area contributed by atoms with Gasteiger partial charge in [-0.2, -0.15) is 0 Å². The topological polar surface area (TPSA) is 18.5 Å². The van der Waals surface area contributed by atoms with Gasteiger partial charge in [-0.25, -0.2) is 0 Å². The van der Waals surface area contributed by atoms with Crippen LogP contribution >= 0.6 is 0 Å². The molecule has 1 heterocycles. The van der Waals surface area contributed by atoms with Gasteiger partial charge in [-0.15, -0.1) is 0 Å². The molecule has 3 nitrogen and oxygen atoms in total. The average molecular weight is 342 g/mol. The first-order valence-electron chi connectivity index (χ1n) is 7.64. The quantitative estimate of drug-likeness (QED) is 0.845. The largest absolute Gasteiger partial charge is 0.398 e. The zero-order valence-electron chi connectivity index (χ0n) is 13.7. The maximum absolute atomic E-state index is 3.83. The van der Waals surface area contributed by atoms with Crippen molar-refractivity contribution in [1.82, 2.24) is 8.88 Å². The Morgan fingerprint density at radius 3 is 2.00 bits per heavy atom. The highest BCUT2D eigenvalue weighted by Crippen LogP contribution is 2.28. The lowest BCUT2D eigenvalue weighted by molar-refractivity contribution is 0.727. The van der Waals surface area contributed by atoms with Gasteiger partial charge in [-0.1, -0.05) is 48.5 Å². The Balaban J connectivity index is 2.13. The lowest BCUT2D eigenvalue weighted by Gasteiger charge is -2.56. The Morgan fingerprint density at radius 2 is 1.41 bits per heavy atom. The molecular formula is C16H23N3Si3. The van der Waals surface area contributed by atoms with E-state index in [2.05, 4.69) is 100 Å². The number of rotatable bonds is 2. The molecule has 1 atom stereocenters. The molecule has 2 radical (unpaired) electrons. The number of nitrogens with one attached hydrogen (secondary N) is 1. The second-order valence-electron chi connectivity index (χ2n) is 6.41. The van der Waals surface area contributed by atoms with Crippen molar-refractivity contribution in [2.75, 3.05) is 11.3 Å². The normalized spacial score (nSPS) is 25.2. The van der Waals surface area contributed by atoms with Crippen molar-refractivity contribution in [1.29, 1.82) is 0 Å². The molecule has 1 fully saturated rings. The number of hydrogen-bond acceptors (Lipinski definition) is 3. The van der Waals surface area contributed by atoms with E-state index < -0.39 is 16.8 Å². The maximum Gasteiger partial charge on any atom is 0.274 e. The van der Waals surface area contributed by atoms with E-state index in [9.17, 15) is 0 Å². The Hall–Kier alpha value is -1.19. The molecule has 1 aliphatic rings. The molecule has 6 heteroatoms. The molecular weight excluding hydrogens is 318 g/mol. The zero-order chi connectivity index (χ0) is 15.8. The molecule has 1 aliphatic heterocycles. The molecule has 1 saturated heterocycles. The van der Waals surface area contributed by atoms with Gasteiger partial charge >= 0.3 is 0 Å². The fourth-order valence-corrected chi connectivity index (χ4v) is 16.0. The number of hydrogen-bond donors (Lipinski definition) is 1. The molecule has 22 heavy (non-hydrogen) atoms. The van der Waals surface area contributed by atoms with Gasteiger partial charge < -0.3 is 13.1 Å². The summed E-state index contributed by atoms with van der Waals surface area (Å²) in [5.41, 5.74) is 1.32. The van der Waals surface area contributed by atoms with Crippen LogP contribution in [0.2, 0.25) is 19.6 Å². The molecule has 0 aromatic heterocycles. The van der Waals surface area contributed by atoms with Gasteiger partial charge in [0.2, 0.25) is 0 Å². The number of para-hydroxylation sites is 1. The standard InChI is InChI=1S/C16H23N3Si3/c1-18-21(2,3)17-20-19(15-11-7-5-8-12-15)22(18,4)16-13-9-6-10-14-16/h5-14,17H,1-4H3. The van der Waals surface area contributed by atoms with Crippen molar-refractivity contribution < 1.29 is 0 Å². The third-order valence-corrected chi connectivity index (χ3v) is 18.3. The van der Waals surface area contributed by atoms with Crippen LogP contribution in [0.4, 0.5) is 5.69 Å². The van der Waals surface area contributed by atoms with E-state index in [1.807, 2.05) is 0 Å². The van der Waals surface area contributed by atoms with Gasteiger partial charge in [-0.3, -0.25) is 0 Å². The molecule has 0 amide bonds. The summed E-state index contributed by atoms with van der Waals surface area (Å²) in [6.45, 7) is 7.31. The van der Waals surface area contributed by atoms with E-state index >= 15 is 0 Å². The smallest absolute Gasteiger partial charge is 0.274 e. The predicted molar refractivity (Wildman–Crippen MR) is 101 cm³/mol. The number of nitrogens with zero attached hydrogens (tertiary/aromatic N) is 2. The highest BCUT2D eigenvalue weighted by atomic mass is 28.5. The van der Waals surface area contributed by atoms with Crippen LogP contribution in [0.1, 0.15) is 0 Å². The van der Waals surface area contributed by atoms with Gasteiger partial charge in [0.25, 0.3) is 18.2 Å². The summed E-state index contributed by atoms with van der Waals surface area (Å²) in [7, 11) is -0.547. The molecule has 2 aromatic rings. The molecule has 1 unspecified atom stereocenters. The molecule has 0 aliphatic carbocycles. The second-order valence-corrected chi connectivity index (χ2v) is 16.5. The third kappa shape index (κ3) is 2.50. The monoisotopic (exact) mass is 341 g/mol. The van der Waals surface area contributed by atoms with Crippen molar-refractivity contribution in [3.8, 4) is 0 Å². The first-order chi connectivity index (χ1) is 10.5. The Bertz CT molecular complexity index is 636. The van der Waals surface area contributed by atoms with Crippen molar-refractivity contribution in [2.24, 2.45) is 0 Å². The minimum absolute atomic E-state index is 0.650. The molecule has 0 saturated carbocycles. The Kier molecular flexibility index (Phi) is 4.13. The summed E-state index contributed by atoms with van der Waals surface area (Å²) >= 11 is 0. The first kappa shape index (κ1) is 15.7. The molecule has 0 spiro atoms. The van der Waals surface area contributed by atoms with Crippen LogP contribution in [0.3, 0.4) is 0 Å². The summed E-state index contributed by atoms with van der Waals surface area (Å²) < 4.78 is 9.15. The van der Waals surface area contributed by atoms with Crippen molar-refractivity contribution in [2.45, 2.75) is 19.6 Å². The van der Waals surface area contributed by atoms with Crippen molar-refractivity contribution >= 4 is 37.5 Å². The van der Waals surface area contributed by atoms with Crippen LogP contribution in [0.5, 0.6) is 0 Å². The van der Waals surface area contributed by atoms with Crippen LogP contribution < -0.4 is 14.1 Å². The molecule has 2 aromatic carbocycles. The fraction of sp³-hybridized carbons (Fsp3) is 0.250. The number of anilines is 1. The minimum atomic E-state index is -1.94. The van der Waals surface area contributed by atoms with Crippen LogP contribution in [0, 0.1) is 0 Å². The summed E-state index contributed by atoms with van der Waals surface area (Å²) in [6.07, 6.45) is 0. The van der Waals surface area contributed by atoms with Gasteiger partial charge in [0.1, 0.15) is 0 Å². The van der Waals surface area contributed by atoms with Crippen LogP contribution in [0.25, 0.3) is 0 Å². The maximum atomic E-state index is 3.83. The van der Waals surface area contributed by atoms with E-state index in [0.717, 1.165) is 0 Å². The zero-order valence-corrected chi connectivity index (χ0v) is 16.7. The average Bonchev–Trinajstić information content (AvgIpc) is 2.54. The third-order valence-electron chi connectivity index (χ3n) is 4.74. The number of benzene rings is 2. The molecule has 0 bridgehead atoms. The SMILES string of the molecule is CN1[Si](C)(C)N[Si]N(c2ccccc2)[Si]1(C)c1ccccc1. The van der Waals surface area contributed by atoms with Crippen molar-refractivity contribution in [3.63, 3.8) is 0 Å². The van der Waals surface area contributed by atoms with Gasteiger partial charge in [0, 0.05) is 5.69 Å². The lowest BCUT2D eigenvalue weighted by Crippen LogP contribution is -2.85. The fourth-order valence-electron chi connectivity index (χ4n) is 3.05. The minimum Gasteiger partial charge on any atom is -0.398 e. The van der Waals surface area contributed by atoms with E-state index in [4.69, 9.17) is 0 Å². The molecule has 1 N–H and O–H groups in total. The van der Waals surface area contributed by atoms with Crippen LogP contribution in [0.15, 0.2) is 60.7 Å². The summed E-state index contributed by atoms with van der Waals surface area (Å²) in [5.74, 6) is 0. The Labute approximate surface area is 138 Å². The van der Waals surface area contributed by atoms with E-state index in [0.29, 0.717) is 9.84 Å². The first-order valence-corrected chi connectivity index (χ1v) is 13.9. The predicted octanol–water partition coefficient (Wildman–Crippen LogP) is 2.24. The van der Waals surface area contributed by atoms with E-state index in [1.54, 1.807) is 0 Å². The van der Waals surface area contributed by atoms with Gasteiger partial charge in [0.15, 0.2) is 8.40 Å².